The van der Waals surface area contributed by atoms with Crippen molar-refractivity contribution in [2.24, 2.45) is 11.5 Å². The first-order valence-corrected chi connectivity index (χ1v) is 4.45. The molecule has 0 unspecified atom stereocenters. The van der Waals surface area contributed by atoms with Gasteiger partial charge in [0.25, 0.3) is 0 Å². The van der Waals surface area contributed by atoms with Gasteiger partial charge in [-0.3, -0.25) is 0 Å². The molecule has 4 N–H and O–H groups in total. The highest BCUT2D eigenvalue weighted by molar-refractivity contribution is 5.85. The molecule has 0 aliphatic rings. The molecule has 0 aliphatic heterocycles. The molecule has 1 rings (SSSR count). The van der Waals surface area contributed by atoms with E-state index < -0.39 is 0 Å². The minimum absolute atomic E-state index is 0. The molecular formula is C10H16ClFN2. The van der Waals surface area contributed by atoms with Crippen LogP contribution in [-0.4, -0.2) is 6.54 Å². The maximum Gasteiger partial charge on any atom is 0.123 e. The van der Waals surface area contributed by atoms with Gasteiger partial charge in [-0.15, -0.1) is 12.4 Å². The maximum absolute atomic E-state index is 12.8. The van der Waals surface area contributed by atoms with Crippen LogP contribution in [0.2, 0.25) is 0 Å². The molecule has 0 fully saturated rings. The second kappa shape index (κ2) is 6.76. The van der Waals surface area contributed by atoms with Gasteiger partial charge in [-0.1, -0.05) is 12.1 Å². The standard InChI is InChI=1S/C10H15FN2.ClH/c11-9-4-1-3-8(7-9)10(13)5-2-6-12;/h1,3-4,7,10H,2,5-6,12-13H2;1H/t10-;/m1./s1. The summed E-state index contributed by atoms with van der Waals surface area (Å²) in [4.78, 5) is 0. The minimum atomic E-state index is -0.235. The Morgan fingerprint density at radius 1 is 1.36 bits per heavy atom. The van der Waals surface area contributed by atoms with E-state index in [1.54, 1.807) is 6.07 Å². The molecule has 0 saturated heterocycles. The fourth-order valence-electron chi connectivity index (χ4n) is 1.24. The van der Waals surface area contributed by atoms with Crippen molar-refractivity contribution in [3.63, 3.8) is 0 Å². The lowest BCUT2D eigenvalue weighted by atomic mass is 10.0. The van der Waals surface area contributed by atoms with E-state index in [2.05, 4.69) is 0 Å². The van der Waals surface area contributed by atoms with Gasteiger partial charge in [-0.05, 0) is 37.1 Å². The summed E-state index contributed by atoms with van der Waals surface area (Å²) in [7, 11) is 0. The Morgan fingerprint density at radius 3 is 2.64 bits per heavy atom. The third kappa shape index (κ3) is 4.05. The Hall–Kier alpha value is -0.640. The van der Waals surface area contributed by atoms with E-state index in [4.69, 9.17) is 11.5 Å². The van der Waals surface area contributed by atoms with Crippen LogP contribution >= 0.6 is 12.4 Å². The molecule has 0 saturated carbocycles. The van der Waals surface area contributed by atoms with E-state index in [0.29, 0.717) is 6.54 Å². The number of hydrogen-bond acceptors (Lipinski definition) is 2. The Kier molecular flexibility index (Phi) is 6.45. The third-order valence-corrected chi connectivity index (χ3v) is 2.00. The maximum atomic E-state index is 12.8. The molecule has 1 atom stereocenters. The Bertz CT molecular complexity index is 268. The summed E-state index contributed by atoms with van der Waals surface area (Å²) in [6, 6.07) is 6.30. The topological polar surface area (TPSA) is 52.0 Å². The molecule has 80 valence electrons. The minimum Gasteiger partial charge on any atom is -0.330 e. The van der Waals surface area contributed by atoms with Crippen LogP contribution in [0.25, 0.3) is 0 Å². The normalized spacial score (nSPS) is 11.9. The summed E-state index contributed by atoms with van der Waals surface area (Å²) in [6.07, 6.45) is 1.68. The molecule has 14 heavy (non-hydrogen) atoms. The number of halogens is 2. The monoisotopic (exact) mass is 218 g/mol. The fraction of sp³-hybridized carbons (Fsp3) is 0.400. The molecule has 0 amide bonds. The fourth-order valence-corrected chi connectivity index (χ4v) is 1.24. The van der Waals surface area contributed by atoms with E-state index >= 15 is 0 Å². The number of benzene rings is 1. The van der Waals surface area contributed by atoms with Gasteiger partial charge in [0, 0.05) is 6.04 Å². The molecule has 0 spiro atoms. The Morgan fingerprint density at radius 2 is 2.07 bits per heavy atom. The van der Waals surface area contributed by atoms with Gasteiger partial charge in [0.15, 0.2) is 0 Å². The molecule has 1 aromatic rings. The Labute approximate surface area is 89.9 Å². The van der Waals surface area contributed by atoms with Crippen molar-refractivity contribution in [2.45, 2.75) is 18.9 Å². The van der Waals surface area contributed by atoms with Crippen LogP contribution < -0.4 is 11.5 Å². The number of nitrogens with two attached hydrogens (primary N) is 2. The van der Waals surface area contributed by atoms with Gasteiger partial charge in [0.05, 0.1) is 0 Å². The average molecular weight is 219 g/mol. The quantitative estimate of drug-likeness (QED) is 0.812. The third-order valence-electron chi connectivity index (χ3n) is 2.00. The highest BCUT2D eigenvalue weighted by atomic mass is 35.5. The number of rotatable bonds is 4. The van der Waals surface area contributed by atoms with Crippen LogP contribution in [0.5, 0.6) is 0 Å². The highest BCUT2D eigenvalue weighted by Gasteiger charge is 2.05. The van der Waals surface area contributed by atoms with Crippen LogP contribution in [0.15, 0.2) is 24.3 Å². The van der Waals surface area contributed by atoms with Crippen molar-refractivity contribution in [3.05, 3.63) is 35.6 Å². The SMILES string of the molecule is Cl.NCCC[C@@H](N)c1cccc(F)c1. The van der Waals surface area contributed by atoms with E-state index in [0.717, 1.165) is 18.4 Å². The van der Waals surface area contributed by atoms with E-state index in [-0.39, 0.29) is 24.3 Å². The van der Waals surface area contributed by atoms with Crippen molar-refractivity contribution in [1.82, 2.24) is 0 Å². The second-order valence-electron chi connectivity index (χ2n) is 3.09. The van der Waals surface area contributed by atoms with Gasteiger partial charge in [-0.2, -0.15) is 0 Å². The van der Waals surface area contributed by atoms with Crippen LogP contribution in [0.1, 0.15) is 24.4 Å². The summed E-state index contributed by atoms with van der Waals surface area (Å²) in [6.45, 7) is 0.628. The van der Waals surface area contributed by atoms with Gasteiger partial charge < -0.3 is 11.5 Å². The summed E-state index contributed by atoms with van der Waals surface area (Å²) in [5, 5.41) is 0. The zero-order chi connectivity index (χ0) is 9.68. The van der Waals surface area contributed by atoms with Gasteiger partial charge in [0.2, 0.25) is 0 Å². The van der Waals surface area contributed by atoms with E-state index in [1.165, 1.54) is 12.1 Å². The molecule has 0 aromatic heterocycles. The van der Waals surface area contributed by atoms with Crippen molar-refractivity contribution in [3.8, 4) is 0 Å². The van der Waals surface area contributed by atoms with Gasteiger partial charge in [0.1, 0.15) is 5.82 Å². The first-order chi connectivity index (χ1) is 6.24. The van der Waals surface area contributed by atoms with E-state index in [1.807, 2.05) is 6.07 Å². The first kappa shape index (κ1) is 13.4. The second-order valence-corrected chi connectivity index (χ2v) is 3.09. The van der Waals surface area contributed by atoms with Crippen LogP contribution in [-0.2, 0) is 0 Å². The molecule has 1 aromatic carbocycles. The average Bonchev–Trinajstić information content (AvgIpc) is 2.14. The zero-order valence-corrected chi connectivity index (χ0v) is 8.77. The summed E-state index contributed by atoms with van der Waals surface area (Å²) < 4.78 is 12.8. The van der Waals surface area contributed by atoms with Crippen LogP contribution in [0, 0.1) is 5.82 Å². The summed E-state index contributed by atoms with van der Waals surface area (Å²) in [5.74, 6) is -0.235. The van der Waals surface area contributed by atoms with Crippen molar-refractivity contribution in [2.75, 3.05) is 6.54 Å². The van der Waals surface area contributed by atoms with Crippen molar-refractivity contribution < 1.29 is 4.39 Å². The smallest absolute Gasteiger partial charge is 0.123 e. The zero-order valence-electron chi connectivity index (χ0n) is 7.95. The van der Waals surface area contributed by atoms with Gasteiger partial charge in [-0.25, -0.2) is 4.39 Å². The van der Waals surface area contributed by atoms with Crippen LogP contribution in [0.4, 0.5) is 4.39 Å². The molecule has 0 aliphatic carbocycles. The highest BCUT2D eigenvalue weighted by Crippen LogP contribution is 2.15. The number of hydrogen-bond donors (Lipinski definition) is 2. The lowest BCUT2D eigenvalue weighted by molar-refractivity contribution is 0.597. The summed E-state index contributed by atoms with van der Waals surface area (Å²) >= 11 is 0. The predicted octanol–water partition coefficient (Wildman–Crippen LogP) is 1.99. The van der Waals surface area contributed by atoms with Gasteiger partial charge >= 0.3 is 0 Å². The van der Waals surface area contributed by atoms with E-state index in [9.17, 15) is 4.39 Å². The van der Waals surface area contributed by atoms with Crippen molar-refractivity contribution >= 4 is 12.4 Å². The molecule has 2 nitrogen and oxygen atoms in total. The largest absolute Gasteiger partial charge is 0.330 e. The lowest BCUT2D eigenvalue weighted by Crippen LogP contribution is -2.12. The molecule has 0 bridgehead atoms. The molecule has 4 heteroatoms. The van der Waals surface area contributed by atoms with Crippen LogP contribution in [0.3, 0.4) is 0 Å². The molecule has 0 heterocycles. The molecular weight excluding hydrogens is 203 g/mol. The predicted molar refractivity (Wildman–Crippen MR) is 58.9 cm³/mol. The summed E-state index contributed by atoms with van der Waals surface area (Å²) in [5.41, 5.74) is 12.0. The Balaban J connectivity index is 0.00000169. The van der Waals surface area contributed by atoms with Crippen molar-refractivity contribution in [1.29, 1.82) is 0 Å². The lowest BCUT2D eigenvalue weighted by Gasteiger charge is -2.10. The first-order valence-electron chi connectivity index (χ1n) is 4.45. The molecule has 0 radical (unpaired) electrons.